The molecule has 78 valence electrons. The van der Waals surface area contributed by atoms with E-state index < -0.39 is 24.6 Å². The van der Waals surface area contributed by atoms with Crippen molar-refractivity contribution in [1.82, 2.24) is 4.98 Å². The van der Waals surface area contributed by atoms with Gasteiger partial charge in [0.05, 0.1) is 5.30 Å². The van der Waals surface area contributed by atoms with E-state index in [9.17, 15) is 9.36 Å². The minimum absolute atomic E-state index is 0. The van der Waals surface area contributed by atoms with E-state index in [0.717, 1.165) is 12.3 Å². The molecule has 0 bridgehead atoms. The van der Waals surface area contributed by atoms with Gasteiger partial charge in [-0.3, -0.25) is 4.57 Å². The predicted octanol–water partition coefficient (Wildman–Crippen LogP) is 0.00460. The van der Waals surface area contributed by atoms with Gasteiger partial charge in [0, 0.05) is 6.20 Å². The summed E-state index contributed by atoms with van der Waals surface area (Å²) in [5.74, 6) is -1.46. The van der Waals surface area contributed by atoms with Crippen LogP contribution >= 0.6 is 20.0 Å². The number of carboxylic acid groups (broad SMARTS) is 1. The van der Waals surface area contributed by atoms with Gasteiger partial charge in [-0.2, -0.15) is 0 Å². The van der Waals surface area contributed by atoms with E-state index >= 15 is 0 Å². The molecule has 0 amide bonds. The summed E-state index contributed by atoms with van der Waals surface area (Å²) >= 11 is 0. The molecule has 1 aromatic rings. The van der Waals surface area contributed by atoms with Crippen molar-refractivity contribution in [2.24, 2.45) is 0 Å². The van der Waals surface area contributed by atoms with Crippen LogP contribution in [0.2, 0.25) is 0 Å². The lowest BCUT2D eigenvalue weighted by Gasteiger charge is -2.05. The van der Waals surface area contributed by atoms with Crippen LogP contribution in [0.5, 0.6) is 0 Å². The van der Waals surface area contributed by atoms with Crippen LogP contribution in [0.25, 0.3) is 0 Å². The molecule has 1 rings (SSSR count). The minimum atomic E-state index is -4.55. The number of carboxylic acids is 1. The first kappa shape index (κ1) is 13.1. The number of rotatable bonds is 2. The van der Waals surface area contributed by atoms with Gasteiger partial charge in [-0.05, 0) is 12.1 Å². The summed E-state index contributed by atoms with van der Waals surface area (Å²) in [6.07, 6.45) is 1.16. The number of hydrogen-bond donors (Lipinski definition) is 3. The highest BCUT2D eigenvalue weighted by atomic mass is 35.5. The zero-order valence-electron chi connectivity index (χ0n) is 6.69. The molecular weight excluding hydrogens is 232 g/mol. The highest BCUT2D eigenvalue weighted by Gasteiger charge is 2.25. The molecule has 1 heterocycles. The standard InChI is InChI=1S/C6H6NO5P.ClH/c8-6(9)5-4(13(10,11)12)2-1-3-7-5;/h1-3H,(H,8,9)(H2,10,11,12);1H. The van der Waals surface area contributed by atoms with Gasteiger partial charge in [-0.1, -0.05) is 0 Å². The average Bonchev–Trinajstić information content (AvgIpc) is 2.03. The van der Waals surface area contributed by atoms with Gasteiger partial charge in [0.15, 0.2) is 5.69 Å². The summed E-state index contributed by atoms with van der Waals surface area (Å²) in [5, 5.41) is 7.96. The Balaban J connectivity index is 0.00000169. The lowest BCUT2D eigenvalue weighted by Crippen LogP contribution is -2.17. The second kappa shape index (κ2) is 4.52. The maximum atomic E-state index is 10.7. The first-order chi connectivity index (χ1) is 5.93. The number of halogens is 1. The Morgan fingerprint density at radius 3 is 2.36 bits per heavy atom. The fraction of sp³-hybridized carbons (Fsp3) is 0. The topological polar surface area (TPSA) is 108 Å². The van der Waals surface area contributed by atoms with Gasteiger partial charge in [-0.15, -0.1) is 12.4 Å². The van der Waals surface area contributed by atoms with Gasteiger partial charge >= 0.3 is 13.6 Å². The van der Waals surface area contributed by atoms with Gasteiger partial charge in [0.1, 0.15) is 0 Å². The van der Waals surface area contributed by atoms with Gasteiger partial charge in [0.25, 0.3) is 0 Å². The van der Waals surface area contributed by atoms with Crippen LogP contribution in [0.1, 0.15) is 10.5 Å². The van der Waals surface area contributed by atoms with E-state index in [4.69, 9.17) is 14.9 Å². The molecule has 0 atom stereocenters. The average molecular weight is 240 g/mol. The Bertz CT molecular complexity index is 390. The molecule has 0 aromatic carbocycles. The molecule has 3 N–H and O–H groups in total. The lowest BCUT2D eigenvalue weighted by molar-refractivity contribution is 0.0691. The molecule has 1 aromatic heterocycles. The van der Waals surface area contributed by atoms with Crippen molar-refractivity contribution in [2.75, 3.05) is 0 Å². The number of pyridine rings is 1. The van der Waals surface area contributed by atoms with E-state index in [1.165, 1.54) is 6.07 Å². The summed E-state index contributed by atoms with van der Waals surface area (Å²) in [5.41, 5.74) is -0.615. The van der Waals surface area contributed by atoms with Crippen LogP contribution in [0.4, 0.5) is 0 Å². The Morgan fingerprint density at radius 2 is 2.00 bits per heavy atom. The van der Waals surface area contributed by atoms with Crippen molar-refractivity contribution in [2.45, 2.75) is 0 Å². The van der Waals surface area contributed by atoms with Crippen LogP contribution in [-0.4, -0.2) is 25.8 Å². The van der Waals surface area contributed by atoms with E-state index in [1.807, 2.05) is 0 Å². The monoisotopic (exact) mass is 239 g/mol. The summed E-state index contributed by atoms with van der Waals surface area (Å²) in [6.45, 7) is 0. The molecule has 14 heavy (non-hydrogen) atoms. The fourth-order valence-electron chi connectivity index (χ4n) is 0.797. The smallest absolute Gasteiger partial charge is 0.358 e. The van der Waals surface area contributed by atoms with Crippen molar-refractivity contribution < 1.29 is 24.3 Å². The highest BCUT2D eigenvalue weighted by Crippen LogP contribution is 2.33. The van der Waals surface area contributed by atoms with Gasteiger partial charge in [-0.25, -0.2) is 9.78 Å². The maximum Gasteiger partial charge on any atom is 0.358 e. The number of aromatic carboxylic acids is 1. The molecular formula is C6H7ClNO5P. The largest absolute Gasteiger partial charge is 0.476 e. The molecule has 0 aliphatic rings. The first-order valence-corrected chi connectivity index (χ1v) is 4.78. The third-order valence-electron chi connectivity index (χ3n) is 1.30. The Morgan fingerprint density at radius 1 is 1.43 bits per heavy atom. The van der Waals surface area contributed by atoms with Crippen LogP contribution < -0.4 is 5.30 Å². The van der Waals surface area contributed by atoms with Crippen LogP contribution in [0, 0.1) is 0 Å². The quantitative estimate of drug-likeness (QED) is 0.627. The highest BCUT2D eigenvalue weighted by molar-refractivity contribution is 7.60. The SMILES string of the molecule is Cl.O=C(O)c1ncccc1P(=O)(O)O. The van der Waals surface area contributed by atoms with Crippen molar-refractivity contribution in [3.05, 3.63) is 24.0 Å². The molecule has 0 spiro atoms. The zero-order valence-corrected chi connectivity index (χ0v) is 8.40. The molecule has 6 nitrogen and oxygen atoms in total. The van der Waals surface area contributed by atoms with Gasteiger partial charge in [0.2, 0.25) is 0 Å². The van der Waals surface area contributed by atoms with Crippen LogP contribution in [-0.2, 0) is 4.57 Å². The van der Waals surface area contributed by atoms with Crippen molar-refractivity contribution in [3.8, 4) is 0 Å². The van der Waals surface area contributed by atoms with Crippen LogP contribution in [0.15, 0.2) is 18.3 Å². The molecule has 0 saturated carbocycles. The third kappa shape index (κ3) is 2.78. The molecule has 8 heteroatoms. The summed E-state index contributed by atoms with van der Waals surface area (Å²) in [4.78, 5) is 31.3. The molecule has 0 radical (unpaired) electrons. The minimum Gasteiger partial charge on any atom is -0.476 e. The Kier molecular flexibility index (Phi) is 4.22. The van der Waals surface area contributed by atoms with Gasteiger partial charge < -0.3 is 14.9 Å². The summed E-state index contributed by atoms with van der Waals surface area (Å²) < 4.78 is 10.7. The maximum absolute atomic E-state index is 10.7. The normalized spacial score (nSPS) is 10.4. The predicted molar refractivity (Wildman–Crippen MR) is 50.1 cm³/mol. The third-order valence-corrected chi connectivity index (χ3v) is 2.29. The summed E-state index contributed by atoms with van der Waals surface area (Å²) in [7, 11) is -4.55. The fourth-order valence-corrected chi connectivity index (χ4v) is 1.51. The number of aromatic nitrogens is 1. The second-order valence-corrected chi connectivity index (χ2v) is 3.79. The number of nitrogens with zero attached hydrogens (tertiary/aromatic N) is 1. The molecule has 0 saturated heterocycles. The van der Waals surface area contributed by atoms with Crippen molar-refractivity contribution in [3.63, 3.8) is 0 Å². The molecule has 0 aliphatic carbocycles. The second-order valence-electron chi connectivity index (χ2n) is 2.22. The lowest BCUT2D eigenvalue weighted by atomic mass is 10.3. The van der Waals surface area contributed by atoms with Crippen molar-refractivity contribution >= 4 is 31.3 Å². The van der Waals surface area contributed by atoms with Crippen molar-refractivity contribution in [1.29, 1.82) is 0 Å². The number of hydrogen-bond acceptors (Lipinski definition) is 3. The van der Waals surface area contributed by atoms with E-state index in [2.05, 4.69) is 4.98 Å². The Labute approximate surface area is 85.2 Å². The zero-order chi connectivity index (χ0) is 10.1. The molecule has 0 fully saturated rings. The van der Waals surface area contributed by atoms with Crippen LogP contribution in [0.3, 0.4) is 0 Å². The van der Waals surface area contributed by atoms with E-state index in [1.54, 1.807) is 0 Å². The Hall–Kier alpha value is -0.940. The first-order valence-electron chi connectivity index (χ1n) is 3.17. The molecule has 0 aliphatic heterocycles. The number of carbonyl (C=O) groups is 1. The van der Waals surface area contributed by atoms with E-state index in [0.29, 0.717) is 0 Å². The summed E-state index contributed by atoms with van der Waals surface area (Å²) in [6, 6.07) is 2.30. The van der Waals surface area contributed by atoms with E-state index in [-0.39, 0.29) is 12.4 Å². The molecule has 0 unspecified atom stereocenters.